The Labute approximate surface area is 134 Å². The molecule has 2 aromatic rings. The Morgan fingerprint density at radius 2 is 1.75 bits per heavy atom. The van der Waals surface area contributed by atoms with Crippen molar-refractivity contribution in [1.82, 2.24) is 19.9 Å². The molecule has 0 spiro atoms. The normalized spacial score (nSPS) is 15.6. The van der Waals surface area contributed by atoms with Crippen molar-refractivity contribution in [3.63, 3.8) is 0 Å². The molecule has 0 N–H and O–H groups in total. The number of aromatic nitrogens is 3. The molecule has 24 heavy (non-hydrogen) atoms. The molecule has 1 amide bonds. The lowest BCUT2D eigenvalue weighted by atomic mass is 10.1. The zero-order chi connectivity index (χ0) is 17.3. The standard InChI is InChI=1S/C15H14F4N4O/c16-10-6-2-3-7-11(10)23-13(15(17,18)19)12(20-21-23)14(24)22-8-4-1-5-9-22/h2-3,6-7H,1,4-5,8-9H2. The topological polar surface area (TPSA) is 51.0 Å². The fourth-order valence-corrected chi connectivity index (χ4v) is 2.72. The minimum absolute atomic E-state index is 0.340. The van der Waals surface area contributed by atoms with Crippen LogP contribution in [0.3, 0.4) is 0 Å². The van der Waals surface area contributed by atoms with E-state index in [9.17, 15) is 22.4 Å². The van der Waals surface area contributed by atoms with Gasteiger partial charge in [0, 0.05) is 13.1 Å². The summed E-state index contributed by atoms with van der Waals surface area (Å²) in [5.74, 6) is -1.71. The molecule has 1 aliphatic heterocycles. The van der Waals surface area contributed by atoms with E-state index in [0.717, 1.165) is 31.4 Å². The van der Waals surface area contributed by atoms with Gasteiger partial charge in [-0.15, -0.1) is 5.10 Å². The van der Waals surface area contributed by atoms with Crippen LogP contribution >= 0.6 is 0 Å². The Balaban J connectivity index is 2.08. The number of rotatable bonds is 2. The minimum atomic E-state index is -4.90. The van der Waals surface area contributed by atoms with Crippen molar-refractivity contribution in [2.45, 2.75) is 25.4 Å². The lowest BCUT2D eigenvalue weighted by Gasteiger charge is -2.26. The van der Waals surface area contributed by atoms with Gasteiger partial charge >= 0.3 is 6.18 Å². The zero-order valence-corrected chi connectivity index (χ0v) is 12.6. The summed E-state index contributed by atoms with van der Waals surface area (Å²) in [6, 6.07) is 4.90. The van der Waals surface area contributed by atoms with Gasteiger partial charge in [-0.2, -0.15) is 13.2 Å². The van der Waals surface area contributed by atoms with Gasteiger partial charge in [-0.3, -0.25) is 4.79 Å². The molecule has 0 radical (unpaired) electrons. The summed E-state index contributed by atoms with van der Waals surface area (Å²) in [5, 5.41) is 6.80. The fraction of sp³-hybridized carbons (Fsp3) is 0.400. The van der Waals surface area contributed by atoms with Crippen LogP contribution in [0, 0.1) is 5.82 Å². The first-order valence-electron chi connectivity index (χ1n) is 7.46. The van der Waals surface area contributed by atoms with Crippen LogP contribution in [0.4, 0.5) is 17.6 Å². The third-order valence-electron chi connectivity index (χ3n) is 3.87. The van der Waals surface area contributed by atoms with E-state index < -0.39 is 35.0 Å². The van der Waals surface area contributed by atoms with Gasteiger partial charge in [0.2, 0.25) is 0 Å². The van der Waals surface area contributed by atoms with Gasteiger partial charge in [-0.25, -0.2) is 9.07 Å². The van der Waals surface area contributed by atoms with Crippen LogP contribution in [-0.4, -0.2) is 38.9 Å². The van der Waals surface area contributed by atoms with Crippen LogP contribution in [0.15, 0.2) is 24.3 Å². The summed E-state index contributed by atoms with van der Waals surface area (Å²) in [5.41, 5.74) is -2.56. The number of likely N-dealkylation sites (tertiary alicyclic amines) is 1. The Morgan fingerprint density at radius 1 is 1.08 bits per heavy atom. The number of hydrogen-bond donors (Lipinski definition) is 0. The molecule has 0 saturated carbocycles. The van der Waals surface area contributed by atoms with Gasteiger partial charge in [0.25, 0.3) is 5.91 Å². The molecule has 1 aliphatic rings. The number of carbonyl (C=O) groups excluding carboxylic acids is 1. The van der Waals surface area contributed by atoms with Gasteiger partial charge in [0.15, 0.2) is 11.4 Å². The van der Waals surface area contributed by atoms with E-state index in [1.807, 2.05) is 0 Å². The second-order valence-electron chi connectivity index (χ2n) is 5.50. The van der Waals surface area contributed by atoms with Crippen LogP contribution in [-0.2, 0) is 6.18 Å². The monoisotopic (exact) mass is 342 g/mol. The summed E-state index contributed by atoms with van der Waals surface area (Å²) in [6.45, 7) is 0.755. The zero-order valence-electron chi connectivity index (χ0n) is 12.6. The van der Waals surface area contributed by atoms with Gasteiger partial charge in [0.05, 0.1) is 0 Å². The minimum Gasteiger partial charge on any atom is -0.337 e. The number of benzene rings is 1. The average molecular weight is 342 g/mol. The van der Waals surface area contributed by atoms with E-state index in [0.29, 0.717) is 17.8 Å². The van der Waals surface area contributed by atoms with E-state index in [1.54, 1.807) is 0 Å². The van der Waals surface area contributed by atoms with E-state index >= 15 is 0 Å². The number of piperidine rings is 1. The first-order valence-corrected chi connectivity index (χ1v) is 7.46. The number of para-hydroxylation sites is 1. The maximum absolute atomic E-state index is 13.9. The summed E-state index contributed by atoms with van der Waals surface area (Å²) >= 11 is 0. The molecule has 128 valence electrons. The molecule has 0 atom stereocenters. The summed E-state index contributed by atoms with van der Waals surface area (Å²) < 4.78 is 54.7. The van der Waals surface area contributed by atoms with Crippen LogP contribution in [0.1, 0.15) is 35.4 Å². The maximum Gasteiger partial charge on any atom is 0.435 e. The molecule has 1 saturated heterocycles. The van der Waals surface area contributed by atoms with E-state index in [-0.39, 0.29) is 0 Å². The maximum atomic E-state index is 13.9. The lowest BCUT2D eigenvalue weighted by molar-refractivity contribution is -0.143. The highest BCUT2D eigenvalue weighted by Crippen LogP contribution is 2.34. The molecule has 1 aromatic carbocycles. The van der Waals surface area contributed by atoms with Gasteiger partial charge < -0.3 is 4.90 Å². The molecule has 0 unspecified atom stereocenters. The molecular weight excluding hydrogens is 328 g/mol. The predicted molar refractivity (Wildman–Crippen MR) is 76.1 cm³/mol. The van der Waals surface area contributed by atoms with Gasteiger partial charge in [-0.1, -0.05) is 17.3 Å². The van der Waals surface area contributed by atoms with Gasteiger partial charge in [0.1, 0.15) is 11.5 Å². The Kier molecular flexibility index (Phi) is 4.25. The number of carbonyl (C=O) groups is 1. The second-order valence-corrected chi connectivity index (χ2v) is 5.50. The lowest BCUT2D eigenvalue weighted by Crippen LogP contribution is -2.37. The van der Waals surface area contributed by atoms with E-state index in [1.165, 1.54) is 17.0 Å². The first kappa shape index (κ1) is 16.4. The third kappa shape index (κ3) is 2.98. The molecule has 3 rings (SSSR count). The number of nitrogens with zero attached hydrogens (tertiary/aromatic N) is 4. The quantitative estimate of drug-likeness (QED) is 0.788. The molecule has 5 nitrogen and oxygen atoms in total. The Hall–Kier alpha value is -2.45. The highest BCUT2D eigenvalue weighted by Gasteiger charge is 2.43. The smallest absolute Gasteiger partial charge is 0.337 e. The van der Waals surface area contributed by atoms with E-state index in [2.05, 4.69) is 10.3 Å². The van der Waals surface area contributed by atoms with E-state index in [4.69, 9.17) is 0 Å². The van der Waals surface area contributed by atoms with Crippen molar-refractivity contribution in [3.05, 3.63) is 41.5 Å². The number of amides is 1. The van der Waals surface area contributed by atoms with Crippen molar-refractivity contribution in [1.29, 1.82) is 0 Å². The number of halogens is 4. The summed E-state index contributed by atoms with van der Waals surface area (Å²) in [4.78, 5) is 13.7. The largest absolute Gasteiger partial charge is 0.435 e. The second kappa shape index (κ2) is 6.21. The Bertz CT molecular complexity index is 750. The summed E-state index contributed by atoms with van der Waals surface area (Å²) in [7, 11) is 0. The summed E-state index contributed by atoms with van der Waals surface area (Å²) in [6.07, 6.45) is -2.51. The first-order chi connectivity index (χ1) is 11.4. The average Bonchev–Trinajstić information content (AvgIpc) is 3.00. The van der Waals surface area contributed by atoms with Crippen molar-refractivity contribution in [2.75, 3.05) is 13.1 Å². The highest BCUT2D eigenvalue weighted by atomic mass is 19.4. The molecule has 0 aliphatic carbocycles. The molecule has 1 aromatic heterocycles. The fourth-order valence-electron chi connectivity index (χ4n) is 2.72. The van der Waals surface area contributed by atoms with Crippen LogP contribution in [0.25, 0.3) is 5.69 Å². The Morgan fingerprint density at radius 3 is 2.38 bits per heavy atom. The number of alkyl halides is 3. The molecule has 0 bridgehead atoms. The number of hydrogen-bond acceptors (Lipinski definition) is 3. The van der Waals surface area contributed by atoms with Crippen LogP contribution < -0.4 is 0 Å². The van der Waals surface area contributed by atoms with Crippen molar-refractivity contribution in [3.8, 4) is 5.69 Å². The van der Waals surface area contributed by atoms with Crippen molar-refractivity contribution < 1.29 is 22.4 Å². The molecular formula is C15H14F4N4O. The van der Waals surface area contributed by atoms with Crippen molar-refractivity contribution in [2.24, 2.45) is 0 Å². The molecule has 1 fully saturated rings. The molecule has 9 heteroatoms. The van der Waals surface area contributed by atoms with Crippen LogP contribution in [0.5, 0.6) is 0 Å². The van der Waals surface area contributed by atoms with Gasteiger partial charge in [-0.05, 0) is 31.4 Å². The van der Waals surface area contributed by atoms with Crippen molar-refractivity contribution >= 4 is 5.91 Å². The van der Waals surface area contributed by atoms with Crippen LogP contribution in [0.2, 0.25) is 0 Å². The SMILES string of the molecule is O=C(c1nnn(-c2ccccc2F)c1C(F)(F)F)N1CCCCC1. The predicted octanol–water partition coefficient (Wildman–Crippen LogP) is 3.05. The third-order valence-corrected chi connectivity index (χ3v) is 3.87. The molecule has 2 heterocycles. The highest BCUT2D eigenvalue weighted by molar-refractivity contribution is 5.93.